The minimum absolute atomic E-state index is 0.0657. The van der Waals surface area contributed by atoms with Gasteiger partial charge < -0.3 is 14.4 Å². The van der Waals surface area contributed by atoms with Crippen LogP contribution in [0.4, 0.5) is 13.2 Å². The maximum Gasteiger partial charge on any atom is 0.534 e. The van der Waals surface area contributed by atoms with Crippen molar-refractivity contribution in [2.24, 2.45) is 0 Å². The number of carboxylic acid groups (broad SMARTS) is 1. The molecule has 0 bridgehead atoms. The Balaban J connectivity index is 2.82. The van der Waals surface area contributed by atoms with Crippen molar-refractivity contribution in [3.05, 3.63) is 41.5 Å². The van der Waals surface area contributed by atoms with Gasteiger partial charge in [-0.2, -0.15) is 21.6 Å². The van der Waals surface area contributed by atoms with Crippen molar-refractivity contribution in [1.29, 1.82) is 0 Å². The molecule has 0 aromatic heterocycles. The van der Waals surface area contributed by atoms with Crippen LogP contribution in [0, 0.1) is 6.92 Å². The number of fused-ring (bicyclic) bond motifs is 1. The molecule has 0 aliphatic carbocycles. The highest BCUT2D eigenvalue weighted by atomic mass is 32.2. The van der Waals surface area contributed by atoms with Gasteiger partial charge in [-0.15, -0.1) is 0 Å². The summed E-state index contributed by atoms with van der Waals surface area (Å²) in [6, 6.07) is 7.10. The number of rotatable bonds is 4. The van der Waals surface area contributed by atoms with E-state index in [1.165, 1.54) is 31.2 Å². The number of carboxylic acids is 1. The van der Waals surface area contributed by atoms with Crippen molar-refractivity contribution in [1.82, 2.24) is 0 Å². The standard InChI is InChI=1S/C14H11F3O6S/c1-7-6-8-4-2-3-5-9(8)12(10(7)11(18)13(19)20)23-24(21,22)14(15,16)17/h2-6,11,18H,1H3,(H,19,20). The number of hydrogen-bond donors (Lipinski definition) is 2. The summed E-state index contributed by atoms with van der Waals surface area (Å²) < 4.78 is 64.7. The summed E-state index contributed by atoms with van der Waals surface area (Å²) in [6.07, 6.45) is -2.26. The van der Waals surface area contributed by atoms with Gasteiger partial charge in [0.25, 0.3) is 0 Å². The van der Waals surface area contributed by atoms with Crippen LogP contribution >= 0.6 is 0 Å². The molecule has 1 unspecified atom stereocenters. The van der Waals surface area contributed by atoms with E-state index in [-0.39, 0.29) is 10.9 Å². The highest BCUT2D eigenvalue weighted by Gasteiger charge is 2.49. The SMILES string of the molecule is Cc1cc2ccccc2c(OS(=O)(=O)C(F)(F)F)c1C(O)C(=O)O. The Kier molecular flexibility index (Phi) is 4.46. The van der Waals surface area contributed by atoms with Crippen molar-refractivity contribution in [2.75, 3.05) is 0 Å². The van der Waals surface area contributed by atoms with Crippen molar-refractivity contribution in [3.63, 3.8) is 0 Å². The molecule has 0 spiro atoms. The molecule has 0 saturated heterocycles. The second-order valence-corrected chi connectivity index (χ2v) is 6.42. The van der Waals surface area contributed by atoms with Crippen molar-refractivity contribution in [2.45, 2.75) is 18.5 Å². The van der Waals surface area contributed by atoms with Crippen LogP contribution in [0.3, 0.4) is 0 Å². The zero-order valence-corrected chi connectivity index (χ0v) is 12.9. The van der Waals surface area contributed by atoms with Crippen molar-refractivity contribution in [3.8, 4) is 5.75 Å². The molecule has 0 aliphatic heterocycles. The van der Waals surface area contributed by atoms with Crippen LogP contribution in [-0.2, 0) is 14.9 Å². The summed E-state index contributed by atoms with van der Waals surface area (Å²) in [5, 5.41) is 18.9. The topological polar surface area (TPSA) is 101 Å². The Labute approximate surface area is 134 Å². The minimum atomic E-state index is -6.04. The van der Waals surface area contributed by atoms with E-state index in [1.54, 1.807) is 6.07 Å². The molecule has 24 heavy (non-hydrogen) atoms. The Hall–Kier alpha value is -2.33. The average Bonchev–Trinajstić information content (AvgIpc) is 2.45. The number of carbonyl (C=O) groups is 1. The molecule has 0 aliphatic rings. The molecule has 0 fully saturated rings. The third-order valence-electron chi connectivity index (χ3n) is 3.23. The van der Waals surface area contributed by atoms with E-state index in [4.69, 9.17) is 5.11 Å². The van der Waals surface area contributed by atoms with Crippen LogP contribution in [0.5, 0.6) is 5.75 Å². The predicted molar refractivity (Wildman–Crippen MR) is 76.9 cm³/mol. The van der Waals surface area contributed by atoms with Gasteiger partial charge in [-0.1, -0.05) is 30.3 Å². The van der Waals surface area contributed by atoms with Gasteiger partial charge in [-0.25, -0.2) is 4.79 Å². The number of aliphatic hydroxyl groups excluding tert-OH is 1. The van der Waals surface area contributed by atoms with Gasteiger partial charge in [0.05, 0.1) is 0 Å². The van der Waals surface area contributed by atoms with E-state index in [1.807, 2.05) is 0 Å². The molecule has 2 aromatic rings. The Bertz CT molecular complexity index is 905. The molecule has 0 heterocycles. The van der Waals surface area contributed by atoms with Crippen molar-refractivity contribution >= 4 is 26.9 Å². The van der Waals surface area contributed by atoms with Crippen LogP contribution in [0.25, 0.3) is 10.8 Å². The fourth-order valence-corrected chi connectivity index (χ4v) is 2.67. The minimum Gasteiger partial charge on any atom is -0.479 e. The summed E-state index contributed by atoms with van der Waals surface area (Å²) >= 11 is 0. The molecule has 0 saturated carbocycles. The smallest absolute Gasteiger partial charge is 0.479 e. The van der Waals surface area contributed by atoms with Gasteiger partial charge in [0.2, 0.25) is 0 Å². The maximum absolute atomic E-state index is 12.6. The normalized spacial score (nSPS) is 13.7. The lowest BCUT2D eigenvalue weighted by Gasteiger charge is -2.19. The number of aliphatic carboxylic acids is 1. The number of halogens is 3. The zero-order chi connectivity index (χ0) is 18.3. The van der Waals surface area contributed by atoms with Crippen LogP contribution < -0.4 is 4.18 Å². The molecule has 2 rings (SSSR count). The molecular formula is C14H11F3O6S. The summed E-state index contributed by atoms with van der Waals surface area (Å²) in [5.41, 5.74) is -6.20. The van der Waals surface area contributed by atoms with E-state index in [0.29, 0.717) is 5.39 Å². The van der Waals surface area contributed by atoms with Crippen LogP contribution in [0.1, 0.15) is 17.2 Å². The zero-order valence-electron chi connectivity index (χ0n) is 12.0. The van der Waals surface area contributed by atoms with Crippen molar-refractivity contribution < 1.29 is 40.8 Å². The highest BCUT2D eigenvalue weighted by molar-refractivity contribution is 7.88. The monoisotopic (exact) mass is 364 g/mol. The number of alkyl halides is 3. The van der Waals surface area contributed by atoms with Crippen LogP contribution in [0.15, 0.2) is 30.3 Å². The van der Waals surface area contributed by atoms with Gasteiger partial charge >= 0.3 is 21.6 Å². The predicted octanol–water partition coefficient (Wildman–Crippen LogP) is 2.49. The molecule has 130 valence electrons. The Morgan fingerprint density at radius 3 is 2.38 bits per heavy atom. The van der Waals surface area contributed by atoms with Crippen LogP contribution in [-0.4, -0.2) is 30.1 Å². The number of hydrogen-bond acceptors (Lipinski definition) is 5. The molecule has 0 radical (unpaired) electrons. The lowest BCUT2D eigenvalue weighted by Crippen LogP contribution is -2.29. The van der Waals surface area contributed by atoms with Crippen LogP contribution in [0.2, 0.25) is 0 Å². The Morgan fingerprint density at radius 1 is 1.25 bits per heavy atom. The first-order chi connectivity index (χ1) is 11.0. The summed E-state index contributed by atoms with van der Waals surface area (Å²) in [4.78, 5) is 11.0. The van der Waals surface area contributed by atoms with E-state index in [2.05, 4.69) is 4.18 Å². The third kappa shape index (κ3) is 3.15. The first-order valence-corrected chi connectivity index (χ1v) is 7.80. The van der Waals surface area contributed by atoms with Gasteiger partial charge in [0.15, 0.2) is 11.9 Å². The third-order valence-corrected chi connectivity index (χ3v) is 4.18. The lowest BCUT2D eigenvalue weighted by molar-refractivity contribution is -0.147. The quantitative estimate of drug-likeness (QED) is 0.639. The van der Waals surface area contributed by atoms with E-state index in [0.717, 1.165) is 0 Å². The fraction of sp³-hybridized carbons (Fsp3) is 0.214. The molecule has 2 aromatic carbocycles. The second-order valence-electron chi connectivity index (χ2n) is 4.88. The first-order valence-electron chi connectivity index (χ1n) is 6.39. The van der Waals surface area contributed by atoms with Gasteiger partial charge in [0, 0.05) is 10.9 Å². The fourth-order valence-electron chi connectivity index (χ4n) is 2.17. The molecule has 1 atom stereocenters. The van der Waals surface area contributed by atoms with E-state index < -0.39 is 39.0 Å². The number of benzene rings is 2. The van der Waals surface area contributed by atoms with Gasteiger partial charge in [-0.05, 0) is 17.9 Å². The molecule has 6 nitrogen and oxygen atoms in total. The molecule has 0 amide bonds. The van der Waals surface area contributed by atoms with Gasteiger partial charge in [0.1, 0.15) is 0 Å². The van der Waals surface area contributed by atoms with E-state index in [9.17, 15) is 31.5 Å². The highest BCUT2D eigenvalue weighted by Crippen LogP contribution is 2.39. The summed E-state index contributed by atoms with van der Waals surface area (Å²) in [6.45, 7) is 1.32. The lowest BCUT2D eigenvalue weighted by atomic mass is 9.96. The summed E-state index contributed by atoms with van der Waals surface area (Å²) in [7, 11) is -6.04. The first kappa shape index (κ1) is 18.0. The molecule has 10 heteroatoms. The number of aliphatic hydroxyl groups is 1. The maximum atomic E-state index is 12.6. The molecule has 2 N–H and O–H groups in total. The number of aryl methyl sites for hydroxylation is 1. The summed E-state index contributed by atoms with van der Waals surface area (Å²) in [5.74, 6) is -2.62. The Morgan fingerprint density at radius 2 is 1.83 bits per heavy atom. The molecular weight excluding hydrogens is 353 g/mol. The van der Waals surface area contributed by atoms with Gasteiger partial charge in [-0.3, -0.25) is 0 Å². The second kappa shape index (κ2) is 5.95. The van der Waals surface area contributed by atoms with E-state index >= 15 is 0 Å². The average molecular weight is 364 g/mol. The largest absolute Gasteiger partial charge is 0.534 e.